The molecule has 0 bridgehead atoms. The highest BCUT2D eigenvalue weighted by Gasteiger charge is 2.21. The van der Waals surface area contributed by atoms with Crippen LogP contribution in [0.3, 0.4) is 0 Å². The van der Waals surface area contributed by atoms with Crippen LogP contribution in [-0.2, 0) is 9.59 Å². The molecule has 2 atom stereocenters. The van der Waals surface area contributed by atoms with Crippen molar-refractivity contribution >= 4 is 11.8 Å². The van der Waals surface area contributed by atoms with Crippen molar-refractivity contribution in [3.05, 3.63) is 0 Å². The summed E-state index contributed by atoms with van der Waals surface area (Å²) in [6.45, 7) is 9.89. The van der Waals surface area contributed by atoms with Crippen molar-refractivity contribution in [3.8, 4) is 0 Å². The minimum Gasteiger partial charge on any atom is -0.350 e. The lowest BCUT2D eigenvalue weighted by Gasteiger charge is -2.24. The van der Waals surface area contributed by atoms with E-state index in [4.69, 9.17) is 5.73 Å². The van der Waals surface area contributed by atoms with E-state index in [-0.39, 0.29) is 23.3 Å². The van der Waals surface area contributed by atoms with E-state index in [1.807, 2.05) is 27.7 Å². The molecule has 0 aliphatic rings. The predicted molar refractivity (Wildman–Crippen MR) is 73.0 cm³/mol. The normalized spacial score (nSPS) is 14.8. The van der Waals surface area contributed by atoms with Crippen LogP contribution >= 0.6 is 0 Å². The van der Waals surface area contributed by atoms with Gasteiger partial charge in [0.05, 0.1) is 0 Å². The van der Waals surface area contributed by atoms with Gasteiger partial charge in [-0.15, -0.1) is 0 Å². The van der Waals surface area contributed by atoms with Gasteiger partial charge in [0, 0.05) is 12.0 Å². The van der Waals surface area contributed by atoms with E-state index in [0.29, 0.717) is 13.0 Å². The number of amides is 2. The molecule has 4 N–H and O–H groups in total. The van der Waals surface area contributed by atoms with Crippen molar-refractivity contribution in [2.75, 3.05) is 6.54 Å². The lowest BCUT2D eigenvalue weighted by molar-refractivity contribution is -0.129. The van der Waals surface area contributed by atoms with Gasteiger partial charge in [0.15, 0.2) is 0 Å². The summed E-state index contributed by atoms with van der Waals surface area (Å²) < 4.78 is 0. The van der Waals surface area contributed by atoms with Crippen LogP contribution in [0, 0.1) is 5.92 Å². The zero-order chi connectivity index (χ0) is 14.3. The summed E-state index contributed by atoms with van der Waals surface area (Å²) in [6, 6.07) is -0.521. The second kappa shape index (κ2) is 7.36. The van der Waals surface area contributed by atoms with Gasteiger partial charge >= 0.3 is 0 Å². The molecule has 5 nitrogen and oxygen atoms in total. The standard InChI is InChI=1S/C13H27N3O2/c1-6-10(8-14)7-11(17)15-9(2)12(18)16-13(3,4)5/h9-10H,6-8,14H2,1-5H3,(H,15,17)(H,16,18). The first-order valence-corrected chi connectivity index (χ1v) is 6.51. The molecule has 2 amide bonds. The lowest BCUT2D eigenvalue weighted by atomic mass is 10.0. The van der Waals surface area contributed by atoms with Crippen molar-refractivity contribution < 1.29 is 9.59 Å². The quantitative estimate of drug-likeness (QED) is 0.657. The Morgan fingerprint density at radius 3 is 2.22 bits per heavy atom. The number of rotatable bonds is 6. The summed E-state index contributed by atoms with van der Waals surface area (Å²) in [6.07, 6.45) is 1.24. The summed E-state index contributed by atoms with van der Waals surface area (Å²) in [5.74, 6) is -0.108. The van der Waals surface area contributed by atoms with Gasteiger partial charge in [-0.3, -0.25) is 9.59 Å². The van der Waals surface area contributed by atoms with Crippen LogP contribution in [0.15, 0.2) is 0 Å². The Labute approximate surface area is 110 Å². The maximum atomic E-state index is 11.8. The van der Waals surface area contributed by atoms with Crippen molar-refractivity contribution in [1.82, 2.24) is 10.6 Å². The maximum Gasteiger partial charge on any atom is 0.242 e. The second-order valence-corrected chi connectivity index (χ2v) is 5.74. The molecule has 5 heteroatoms. The topological polar surface area (TPSA) is 84.2 Å². The van der Waals surface area contributed by atoms with Gasteiger partial charge < -0.3 is 16.4 Å². The fourth-order valence-corrected chi connectivity index (χ4v) is 1.50. The molecular weight excluding hydrogens is 230 g/mol. The SMILES string of the molecule is CCC(CN)CC(=O)NC(C)C(=O)NC(C)(C)C. The van der Waals surface area contributed by atoms with E-state index >= 15 is 0 Å². The Hall–Kier alpha value is -1.10. The number of carbonyl (C=O) groups is 2. The molecule has 0 aromatic rings. The molecule has 0 fully saturated rings. The number of nitrogens with two attached hydrogens (primary N) is 1. The van der Waals surface area contributed by atoms with Crippen molar-refractivity contribution in [3.63, 3.8) is 0 Å². The Bertz CT molecular complexity index is 280. The maximum absolute atomic E-state index is 11.8. The predicted octanol–water partition coefficient (Wildman–Crippen LogP) is 0.781. The summed E-state index contributed by atoms with van der Waals surface area (Å²) in [5.41, 5.74) is 5.25. The van der Waals surface area contributed by atoms with Crippen molar-refractivity contribution in [2.45, 2.75) is 59.0 Å². The van der Waals surface area contributed by atoms with Gasteiger partial charge in [0.1, 0.15) is 6.04 Å². The molecule has 0 aliphatic carbocycles. The van der Waals surface area contributed by atoms with E-state index in [1.165, 1.54) is 0 Å². The van der Waals surface area contributed by atoms with Crippen molar-refractivity contribution in [2.24, 2.45) is 11.7 Å². The number of hydrogen-bond donors (Lipinski definition) is 3. The van der Waals surface area contributed by atoms with E-state index < -0.39 is 6.04 Å². The first-order chi connectivity index (χ1) is 8.19. The van der Waals surface area contributed by atoms with E-state index in [0.717, 1.165) is 6.42 Å². The van der Waals surface area contributed by atoms with Crippen LogP contribution in [-0.4, -0.2) is 29.9 Å². The Morgan fingerprint density at radius 1 is 1.28 bits per heavy atom. The van der Waals surface area contributed by atoms with E-state index in [2.05, 4.69) is 10.6 Å². The number of hydrogen-bond acceptors (Lipinski definition) is 3. The highest BCUT2D eigenvalue weighted by atomic mass is 16.2. The zero-order valence-corrected chi connectivity index (χ0v) is 12.2. The van der Waals surface area contributed by atoms with Crippen molar-refractivity contribution in [1.29, 1.82) is 0 Å². The summed E-state index contributed by atoms with van der Waals surface area (Å²) in [5, 5.41) is 5.52. The first kappa shape index (κ1) is 16.9. The van der Waals surface area contributed by atoms with Gasteiger partial charge in [-0.05, 0) is 40.2 Å². The lowest BCUT2D eigenvalue weighted by Crippen LogP contribution is -2.51. The molecule has 0 saturated carbocycles. The molecule has 0 radical (unpaired) electrons. The number of carbonyl (C=O) groups excluding carboxylic acids is 2. The smallest absolute Gasteiger partial charge is 0.242 e. The summed E-state index contributed by atoms with van der Waals surface area (Å²) in [7, 11) is 0. The molecular formula is C13H27N3O2. The number of nitrogens with one attached hydrogen (secondary N) is 2. The minimum atomic E-state index is -0.521. The van der Waals surface area contributed by atoms with Crippen LogP contribution < -0.4 is 16.4 Å². The highest BCUT2D eigenvalue weighted by Crippen LogP contribution is 2.06. The molecule has 0 saturated heterocycles. The van der Waals surface area contributed by atoms with Crippen LogP contribution in [0.4, 0.5) is 0 Å². The fraction of sp³-hybridized carbons (Fsp3) is 0.846. The van der Waals surface area contributed by atoms with E-state index in [9.17, 15) is 9.59 Å². The first-order valence-electron chi connectivity index (χ1n) is 6.51. The third-order valence-electron chi connectivity index (χ3n) is 2.65. The van der Waals surface area contributed by atoms with Gasteiger partial charge in [-0.2, -0.15) is 0 Å². The fourth-order valence-electron chi connectivity index (χ4n) is 1.50. The van der Waals surface area contributed by atoms with Crippen LogP contribution in [0.25, 0.3) is 0 Å². The van der Waals surface area contributed by atoms with Gasteiger partial charge in [-0.1, -0.05) is 13.3 Å². The van der Waals surface area contributed by atoms with Gasteiger partial charge in [-0.25, -0.2) is 0 Å². The van der Waals surface area contributed by atoms with Crippen LogP contribution in [0.1, 0.15) is 47.5 Å². The molecule has 0 rings (SSSR count). The van der Waals surface area contributed by atoms with Gasteiger partial charge in [0.25, 0.3) is 0 Å². The Balaban J connectivity index is 4.19. The zero-order valence-electron chi connectivity index (χ0n) is 12.2. The summed E-state index contributed by atoms with van der Waals surface area (Å²) >= 11 is 0. The average molecular weight is 257 g/mol. The molecule has 0 aromatic carbocycles. The molecule has 0 aliphatic heterocycles. The highest BCUT2D eigenvalue weighted by molar-refractivity contribution is 5.87. The molecule has 0 spiro atoms. The largest absolute Gasteiger partial charge is 0.350 e. The Morgan fingerprint density at radius 2 is 1.83 bits per heavy atom. The molecule has 0 aromatic heterocycles. The van der Waals surface area contributed by atoms with E-state index in [1.54, 1.807) is 6.92 Å². The second-order valence-electron chi connectivity index (χ2n) is 5.74. The monoisotopic (exact) mass is 257 g/mol. The minimum absolute atomic E-state index is 0.121. The van der Waals surface area contributed by atoms with Gasteiger partial charge in [0.2, 0.25) is 11.8 Å². The molecule has 0 heterocycles. The third kappa shape index (κ3) is 7.27. The Kier molecular flexibility index (Phi) is 6.91. The molecule has 2 unspecified atom stereocenters. The average Bonchev–Trinajstić information content (AvgIpc) is 2.23. The van der Waals surface area contributed by atoms with Crippen LogP contribution in [0.5, 0.6) is 0 Å². The third-order valence-corrected chi connectivity index (χ3v) is 2.65. The summed E-state index contributed by atoms with van der Waals surface area (Å²) in [4.78, 5) is 23.5. The van der Waals surface area contributed by atoms with Crippen LogP contribution in [0.2, 0.25) is 0 Å². The molecule has 18 heavy (non-hydrogen) atoms. The molecule has 106 valence electrons.